The fraction of sp³-hybridized carbons (Fsp3) is 0.167. The number of nitriles is 1. The Morgan fingerprint density at radius 3 is 1.96 bits per heavy atom. The van der Waals surface area contributed by atoms with Crippen molar-refractivity contribution in [1.29, 1.82) is 5.26 Å². The Balaban J connectivity index is 2.26. The van der Waals surface area contributed by atoms with Gasteiger partial charge >= 0.3 is 0 Å². The topological polar surface area (TPSA) is 76.4 Å². The summed E-state index contributed by atoms with van der Waals surface area (Å²) in [6.07, 6.45) is 1.36. The zero-order valence-corrected chi connectivity index (χ0v) is 14.2. The third kappa shape index (κ3) is 4.37. The third-order valence-electron chi connectivity index (χ3n) is 3.37. The molecular formula is C18H17NO4S. The van der Waals surface area contributed by atoms with E-state index in [2.05, 4.69) is 0 Å². The molecule has 124 valence electrons. The molecule has 0 aliphatic rings. The highest BCUT2D eigenvalue weighted by atomic mass is 32.2. The van der Waals surface area contributed by atoms with E-state index in [9.17, 15) is 13.7 Å². The molecule has 0 radical (unpaired) electrons. The molecule has 0 heterocycles. The number of methoxy groups -OCH3 is 2. The van der Waals surface area contributed by atoms with Crippen LogP contribution in [-0.2, 0) is 15.6 Å². The van der Waals surface area contributed by atoms with Crippen molar-refractivity contribution in [2.24, 2.45) is 0 Å². The summed E-state index contributed by atoms with van der Waals surface area (Å²) in [6, 6.07) is 15.3. The minimum absolute atomic E-state index is 0.244. The van der Waals surface area contributed by atoms with E-state index < -0.39 is 9.84 Å². The van der Waals surface area contributed by atoms with E-state index in [4.69, 9.17) is 9.47 Å². The van der Waals surface area contributed by atoms with Crippen LogP contribution < -0.4 is 9.47 Å². The van der Waals surface area contributed by atoms with Crippen LogP contribution in [0.15, 0.2) is 53.4 Å². The summed E-state index contributed by atoms with van der Waals surface area (Å²) in [5, 5.41) is 9.24. The number of nitrogens with zero attached hydrogens (tertiary/aromatic N) is 1. The Morgan fingerprint density at radius 1 is 1.00 bits per heavy atom. The zero-order valence-electron chi connectivity index (χ0n) is 13.4. The first-order chi connectivity index (χ1) is 11.5. The molecule has 2 aromatic carbocycles. The van der Waals surface area contributed by atoms with E-state index >= 15 is 0 Å². The van der Waals surface area contributed by atoms with Gasteiger partial charge in [0.2, 0.25) is 0 Å². The van der Waals surface area contributed by atoms with Gasteiger partial charge in [-0.2, -0.15) is 5.26 Å². The van der Waals surface area contributed by atoms with E-state index in [1.54, 1.807) is 61.7 Å². The molecular weight excluding hydrogens is 326 g/mol. The lowest BCUT2D eigenvalue weighted by atomic mass is 10.2. The Hall–Kier alpha value is -2.78. The number of hydrogen-bond donors (Lipinski definition) is 0. The van der Waals surface area contributed by atoms with Crippen molar-refractivity contribution in [1.82, 2.24) is 0 Å². The van der Waals surface area contributed by atoms with E-state index in [1.165, 1.54) is 13.2 Å². The van der Waals surface area contributed by atoms with Gasteiger partial charge in [0.25, 0.3) is 0 Å². The highest BCUT2D eigenvalue weighted by molar-refractivity contribution is 7.95. The van der Waals surface area contributed by atoms with Gasteiger partial charge in [0.1, 0.15) is 22.5 Å². The summed E-state index contributed by atoms with van der Waals surface area (Å²) in [5.41, 5.74) is 1.21. The van der Waals surface area contributed by atoms with Crippen molar-refractivity contribution in [2.75, 3.05) is 14.2 Å². The SMILES string of the molecule is COc1ccc(/C=C(/C#N)S(=O)(=O)Cc2ccc(OC)cc2)cc1. The van der Waals surface area contributed by atoms with Crippen LogP contribution in [0, 0.1) is 11.3 Å². The van der Waals surface area contributed by atoms with Crippen molar-refractivity contribution >= 4 is 15.9 Å². The lowest BCUT2D eigenvalue weighted by Gasteiger charge is -2.05. The number of hydrogen-bond acceptors (Lipinski definition) is 5. The average molecular weight is 343 g/mol. The van der Waals surface area contributed by atoms with Crippen molar-refractivity contribution in [3.63, 3.8) is 0 Å². The molecule has 0 saturated heterocycles. The summed E-state index contributed by atoms with van der Waals surface area (Å²) >= 11 is 0. The molecule has 0 N–H and O–H groups in total. The summed E-state index contributed by atoms with van der Waals surface area (Å²) < 4.78 is 35.0. The molecule has 0 fully saturated rings. The predicted molar refractivity (Wildman–Crippen MR) is 92.2 cm³/mol. The molecule has 5 nitrogen and oxygen atoms in total. The highest BCUT2D eigenvalue weighted by Gasteiger charge is 2.18. The maximum absolute atomic E-state index is 12.5. The monoisotopic (exact) mass is 343 g/mol. The molecule has 0 aliphatic heterocycles. The van der Waals surface area contributed by atoms with Crippen LogP contribution in [-0.4, -0.2) is 22.6 Å². The smallest absolute Gasteiger partial charge is 0.192 e. The van der Waals surface area contributed by atoms with Crippen molar-refractivity contribution < 1.29 is 17.9 Å². The number of benzene rings is 2. The van der Waals surface area contributed by atoms with Gasteiger partial charge < -0.3 is 9.47 Å². The lowest BCUT2D eigenvalue weighted by molar-refractivity contribution is 0.414. The minimum Gasteiger partial charge on any atom is -0.497 e. The van der Waals surface area contributed by atoms with Gasteiger partial charge in [-0.3, -0.25) is 0 Å². The zero-order chi connectivity index (χ0) is 17.6. The first-order valence-corrected chi connectivity index (χ1v) is 8.75. The molecule has 0 saturated carbocycles. The largest absolute Gasteiger partial charge is 0.497 e. The number of allylic oxidation sites excluding steroid dienone is 1. The fourth-order valence-corrected chi connectivity index (χ4v) is 3.30. The molecule has 0 unspecified atom stereocenters. The molecule has 24 heavy (non-hydrogen) atoms. The molecule has 0 bridgehead atoms. The fourth-order valence-electron chi connectivity index (χ4n) is 2.06. The highest BCUT2D eigenvalue weighted by Crippen LogP contribution is 2.20. The molecule has 0 atom stereocenters. The van der Waals surface area contributed by atoms with E-state index in [1.807, 2.05) is 0 Å². The number of ether oxygens (including phenoxy) is 2. The molecule has 0 spiro atoms. The standard InChI is InChI=1S/C18H17NO4S/c1-22-16-7-3-14(4-8-16)11-18(12-19)24(20,21)13-15-5-9-17(23-2)10-6-15/h3-11H,13H2,1-2H3/b18-11-. The Labute approximate surface area is 141 Å². The van der Waals surface area contributed by atoms with Gasteiger partial charge in [0.05, 0.1) is 20.0 Å². The summed E-state index contributed by atoms with van der Waals surface area (Å²) in [5.74, 6) is 1.06. The van der Waals surface area contributed by atoms with Crippen LogP contribution in [0.2, 0.25) is 0 Å². The first-order valence-electron chi connectivity index (χ1n) is 7.10. The van der Waals surface area contributed by atoms with Gasteiger partial charge in [0.15, 0.2) is 9.84 Å². The van der Waals surface area contributed by atoms with E-state index in [0.29, 0.717) is 22.6 Å². The lowest BCUT2D eigenvalue weighted by Crippen LogP contribution is -2.06. The van der Waals surface area contributed by atoms with Gasteiger partial charge in [-0.1, -0.05) is 24.3 Å². The van der Waals surface area contributed by atoms with Crippen molar-refractivity contribution in [3.8, 4) is 17.6 Å². The Morgan fingerprint density at radius 2 is 1.50 bits per heavy atom. The molecule has 0 aromatic heterocycles. The quantitative estimate of drug-likeness (QED) is 0.753. The first kappa shape index (κ1) is 17.6. The molecule has 6 heteroatoms. The Kier molecular flexibility index (Phi) is 5.61. The number of sulfone groups is 1. The summed E-state index contributed by atoms with van der Waals surface area (Å²) in [6.45, 7) is 0. The molecule has 0 aliphatic carbocycles. The molecule has 0 amide bonds. The van der Waals surface area contributed by atoms with Crippen LogP contribution in [0.3, 0.4) is 0 Å². The van der Waals surface area contributed by atoms with Crippen LogP contribution >= 0.6 is 0 Å². The van der Waals surface area contributed by atoms with E-state index in [0.717, 1.165) is 0 Å². The maximum atomic E-state index is 12.5. The third-order valence-corrected chi connectivity index (χ3v) is 4.97. The second-order valence-electron chi connectivity index (χ2n) is 5.00. The second-order valence-corrected chi connectivity index (χ2v) is 6.96. The van der Waals surface area contributed by atoms with E-state index in [-0.39, 0.29) is 10.7 Å². The van der Waals surface area contributed by atoms with Crippen molar-refractivity contribution in [2.45, 2.75) is 5.75 Å². The second kappa shape index (κ2) is 7.66. The summed E-state index contributed by atoms with van der Waals surface area (Å²) in [7, 11) is -0.646. The normalized spacial score (nSPS) is 11.6. The van der Waals surface area contributed by atoms with Gasteiger partial charge in [-0.15, -0.1) is 0 Å². The van der Waals surface area contributed by atoms with Crippen LogP contribution in [0.1, 0.15) is 11.1 Å². The average Bonchev–Trinajstić information content (AvgIpc) is 2.60. The molecule has 2 rings (SSSR count). The Bertz CT molecular complexity index is 861. The number of rotatable bonds is 6. The van der Waals surface area contributed by atoms with Crippen LogP contribution in [0.4, 0.5) is 0 Å². The minimum atomic E-state index is -3.73. The van der Waals surface area contributed by atoms with Gasteiger partial charge in [0, 0.05) is 0 Å². The maximum Gasteiger partial charge on any atom is 0.192 e. The summed E-state index contributed by atoms with van der Waals surface area (Å²) in [4.78, 5) is -0.275. The van der Waals surface area contributed by atoms with Gasteiger partial charge in [-0.25, -0.2) is 8.42 Å². The van der Waals surface area contributed by atoms with Crippen LogP contribution in [0.25, 0.3) is 6.08 Å². The predicted octanol–water partition coefficient (Wildman–Crippen LogP) is 3.18. The van der Waals surface area contributed by atoms with Gasteiger partial charge in [-0.05, 0) is 41.5 Å². The van der Waals surface area contributed by atoms with Crippen LogP contribution in [0.5, 0.6) is 11.5 Å². The molecule has 2 aromatic rings. The van der Waals surface area contributed by atoms with Crippen molar-refractivity contribution in [3.05, 3.63) is 64.6 Å².